The molecule has 1 N–H and O–H groups in total. The SMILES string of the molecule is COC(CNCCOCC(C)C)OC. The molecule has 4 nitrogen and oxygen atoms in total. The van der Waals surface area contributed by atoms with Crippen molar-refractivity contribution in [1.82, 2.24) is 5.32 Å². The van der Waals surface area contributed by atoms with E-state index in [1.54, 1.807) is 14.2 Å². The van der Waals surface area contributed by atoms with Crippen LogP contribution in [0.25, 0.3) is 0 Å². The van der Waals surface area contributed by atoms with Gasteiger partial charge in [0.2, 0.25) is 0 Å². The molecule has 0 bridgehead atoms. The maximum absolute atomic E-state index is 5.40. The first-order valence-corrected chi connectivity index (χ1v) is 5.04. The molecule has 0 heterocycles. The van der Waals surface area contributed by atoms with Gasteiger partial charge >= 0.3 is 0 Å². The molecule has 4 heteroatoms. The fourth-order valence-corrected chi connectivity index (χ4v) is 0.946. The number of nitrogens with one attached hydrogen (secondary N) is 1. The van der Waals surface area contributed by atoms with E-state index in [9.17, 15) is 0 Å². The van der Waals surface area contributed by atoms with Gasteiger partial charge in [-0.2, -0.15) is 0 Å². The minimum Gasteiger partial charge on any atom is -0.380 e. The Morgan fingerprint density at radius 2 is 1.79 bits per heavy atom. The molecule has 0 aliphatic rings. The summed E-state index contributed by atoms with van der Waals surface area (Å²) in [6.45, 7) is 7.35. The molecular formula is C10H23NO3. The Morgan fingerprint density at radius 1 is 1.14 bits per heavy atom. The van der Waals surface area contributed by atoms with Crippen LogP contribution in [0.5, 0.6) is 0 Å². The molecule has 0 saturated carbocycles. The Morgan fingerprint density at radius 3 is 2.29 bits per heavy atom. The van der Waals surface area contributed by atoms with Gasteiger partial charge in [-0.15, -0.1) is 0 Å². The predicted octanol–water partition coefficient (Wildman–Crippen LogP) is 0.867. The molecule has 0 atom stereocenters. The second kappa shape index (κ2) is 9.40. The van der Waals surface area contributed by atoms with E-state index in [0.29, 0.717) is 12.5 Å². The minimum atomic E-state index is -0.167. The third-order valence-electron chi connectivity index (χ3n) is 1.71. The molecule has 0 aromatic carbocycles. The third-order valence-corrected chi connectivity index (χ3v) is 1.71. The first-order chi connectivity index (χ1) is 6.70. The van der Waals surface area contributed by atoms with E-state index < -0.39 is 0 Å². The van der Waals surface area contributed by atoms with Gasteiger partial charge < -0.3 is 19.5 Å². The number of methoxy groups -OCH3 is 2. The molecule has 0 radical (unpaired) electrons. The number of hydrogen-bond acceptors (Lipinski definition) is 4. The third kappa shape index (κ3) is 8.44. The van der Waals surface area contributed by atoms with Crippen LogP contribution in [-0.2, 0) is 14.2 Å². The molecule has 0 unspecified atom stereocenters. The molecule has 14 heavy (non-hydrogen) atoms. The van der Waals surface area contributed by atoms with Gasteiger partial charge in [0.05, 0.1) is 6.61 Å². The summed E-state index contributed by atoms with van der Waals surface area (Å²) in [4.78, 5) is 0. The van der Waals surface area contributed by atoms with E-state index in [4.69, 9.17) is 14.2 Å². The Balaban J connectivity index is 3.12. The maximum Gasteiger partial charge on any atom is 0.169 e. The van der Waals surface area contributed by atoms with Crippen LogP contribution in [0.1, 0.15) is 13.8 Å². The van der Waals surface area contributed by atoms with Crippen molar-refractivity contribution >= 4 is 0 Å². The molecule has 86 valence electrons. The maximum atomic E-state index is 5.40. The van der Waals surface area contributed by atoms with E-state index >= 15 is 0 Å². The van der Waals surface area contributed by atoms with Gasteiger partial charge in [0, 0.05) is 33.9 Å². The molecule has 0 aromatic rings. The van der Waals surface area contributed by atoms with Crippen molar-refractivity contribution < 1.29 is 14.2 Å². The molecule has 0 fully saturated rings. The van der Waals surface area contributed by atoms with Gasteiger partial charge in [0.25, 0.3) is 0 Å². The van der Waals surface area contributed by atoms with Gasteiger partial charge in [-0.25, -0.2) is 0 Å². The van der Waals surface area contributed by atoms with Crippen LogP contribution in [-0.4, -0.2) is 46.8 Å². The second-order valence-corrected chi connectivity index (χ2v) is 3.57. The molecule has 0 spiro atoms. The monoisotopic (exact) mass is 205 g/mol. The van der Waals surface area contributed by atoms with Crippen LogP contribution in [0.3, 0.4) is 0 Å². The van der Waals surface area contributed by atoms with Crippen molar-refractivity contribution in [3.05, 3.63) is 0 Å². The van der Waals surface area contributed by atoms with Crippen molar-refractivity contribution in [2.75, 3.05) is 40.5 Å². The molecule has 0 aromatic heterocycles. The summed E-state index contributed by atoms with van der Waals surface area (Å²) in [5.41, 5.74) is 0. The molecule has 0 saturated heterocycles. The summed E-state index contributed by atoms with van der Waals surface area (Å²) in [6, 6.07) is 0. The van der Waals surface area contributed by atoms with Crippen molar-refractivity contribution in [2.24, 2.45) is 5.92 Å². The van der Waals surface area contributed by atoms with Gasteiger partial charge in [0.1, 0.15) is 0 Å². The van der Waals surface area contributed by atoms with E-state index in [0.717, 1.165) is 19.8 Å². The summed E-state index contributed by atoms with van der Waals surface area (Å²) in [7, 11) is 3.26. The normalized spacial score (nSPS) is 11.6. The van der Waals surface area contributed by atoms with Crippen molar-refractivity contribution in [3.63, 3.8) is 0 Å². The van der Waals surface area contributed by atoms with Gasteiger partial charge in [0.15, 0.2) is 6.29 Å². The Hall–Kier alpha value is -0.160. The summed E-state index contributed by atoms with van der Waals surface area (Å²) in [6.07, 6.45) is -0.167. The number of hydrogen-bond donors (Lipinski definition) is 1. The summed E-state index contributed by atoms with van der Waals surface area (Å²) < 4.78 is 15.4. The van der Waals surface area contributed by atoms with Gasteiger partial charge in [-0.05, 0) is 5.92 Å². The molecule has 0 aliphatic heterocycles. The molecular weight excluding hydrogens is 182 g/mol. The highest BCUT2D eigenvalue weighted by Gasteiger charge is 2.02. The van der Waals surface area contributed by atoms with Crippen LogP contribution in [0.2, 0.25) is 0 Å². The largest absolute Gasteiger partial charge is 0.380 e. The Labute approximate surface area is 86.9 Å². The predicted molar refractivity (Wildman–Crippen MR) is 56.3 cm³/mol. The van der Waals surface area contributed by atoms with Gasteiger partial charge in [-0.3, -0.25) is 0 Å². The molecule has 0 aliphatic carbocycles. The van der Waals surface area contributed by atoms with Gasteiger partial charge in [-0.1, -0.05) is 13.8 Å². The topological polar surface area (TPSA) is 39.7 Å². The van der Waals surface area contributed by atoms with Crippen molar-refractivity contribution in [3.8, 4) is 0 Å². The highest BCUT2D eigenvalue weighted by atomic mass is 16.7. The van der Waals surface area contributed by atoms with Crippen LogP contribution >= 0.6 is 0 Å². The number of rotatable bonds is 9. The van der Waals surface area contributed by atoms with Crippen LogP contribution < -0.4 is 5.32 Å². The highest BCUT2D eigenvalue weighted by Crippen LogP contribution is 1.91. The van der Waals surface area contributed by atoms with Crippen LogP contribution in [0, 0.1) is 5.92 Å². The zero-order chi connectivity index (χ0) is 10.8. The smallest absolute Gasteiger partial charge is 0.169 e. The first-order valence-electron chi connectivity index (χ1n) is 5.04. The molecule has 0 amide bonds. The van der Waals surface area contributed by atoms with E-state index in [2.05, 4.69) is 19.2 Å². The average Bonchev–Trinajstić information content (AvgIpc) is 2.16. The standard InChI is InChI=1S/C10H23NO3/c1-9(2)8-14-6-5-11-7-10(12-3)13-4/h9-11H,5-8H2,1-4H3. The minimum absolute atomic E-state index is 0.167. The van der Waals surface area contributed by atoms with E-state index in [-0.39, 0.29) is 6.29 Å². The zero-order valence-electron chi connectivity index (χ0n) is 9.71. The zero-order valence-corrected chi connectivity index (χ0v) is 9.71. The molecule has 0 rings (SSSR count). The Kier molecular flexibility index (Phi) is 9.29. The lowest BCUT2D eigenvalue weighted by atomic mass is 10.2. The van der Waals surface area contributed by atoms with Crippen LogP contribution in [0.15, 0.2) is 0 Å². The Bertz CT molecular complexity index is 116. The number of ether oxygens (including phenoxy) is 3. The lowest BCUT2D eigenvalue weighted by Gasteiger charge is -2.14. The van der Waals surface area contributed by atoms with Crippen molar-refractivity contribution in [2.45, 2.75) is 20.1 Å². The highest BCUT2D eigenvalue weighted by molar-refractivity contribution is 4.50. The lowest BCUT2D eigenvalue weighted by Crippen LogP contribution is -2.32. The average molecular weight is 205 g/mol. The second-order valence-electron chi connectivity index (χ2n) is 3.57. The van der Waals surface area contributed by atoms with E-state index in [1.807, 2.05) is 0 Å². The lowest BCUT2D eigenvalue weighted by molar-refractivity contribution is -0.0991. The first kappa shape index (κ1) is 13.8. The van der Waals surface area contributed by atoms with Crippen molar-refractivity contribution in [1.29, 1.82) is 0 Å². The fourth-order valence-electron chi connectivity index (χ4n) is 0.946. The summed E-state index contributed by atoms with van der Waals surface area (Å²) in [5, 5.41) is 3.19. The fraction of sp³-hybridized carbons (Fsp3) is 1.00. The quantitative estimate of drug-likeness (QED) is 0.448. The summed E-state index contributed by atoms with van der Waals surface area (Å²) in [5.74, 6) is 0.598. The van der Waals surface area contributed by atoms with E-state index in [1.165, 1.54) is 0 Å². The summed E-state index contributed by atoms with van der Waals surface area (Å²) >= 11 is 0. The van der Waals surface area contributed by atoms with Crippen LogP contribution in [0.4, 0.5) is 0 Å².